The fourth-order valence-corrected chi connectivity index (χ4v) is 2.30. The fraction of sp³-hybridized carbons (Fsp3) is 0.643. The highest BCUT2D eigenvalue weighted by atomic mass is 19.4. The highest BCUT2D eigenvalue weighted by molar-refractivity contribution is 5.50. The molecule has 7 heteroatoms. The van der Waals surface area contributed by atoms with Crippen molar-refractivity contribution in [3.63, 3.8) is 0 Å². The largest absolute Gasteiger partial charge is 0.416 e. The second-order valence-corrected chi connectivity index (χ2v) is 5.04. The predicted octanol–water partition coefficient (Wildman–Crippen LogP) is 3.51. The molecule has 118 valence electrons. The Morgan fingerprint density at radius 1 is 1.24 bits per heavy atom. The molecule has 1 fully saturated rings. The van der Waals surface area contributed by atoms with Crippen molar-refractivity contribution in [2.45, 2.75) is 45.0 Å². The molecule has 0 aliphatic heterocycles. The van der Waals surface area contributed by atoms with Gasteiger partial charge >= 0.3 is 6.18 Å². The van der Waals surface area contributed by atoms with E-state index in [-0.39, 0.29) is 23.8 Å². The second kappa shape index (κ2) is 6.51. The smallest absolute Gasteiger partial charge is 0.378 e. The van der Waals surface area contributed by atoms with E-state index in [1.807, 2.05) is 13.8 Å². The van der Waals surface area contributed by atoms with Crippen molar-refractivity contribution in [3.8, 4) is 0 Å². The monoisotopic (exact) mass is 303 g/mol. The van der Waals surface area contributed by atoms with E-state index < -0.39 is 11.7 Å². The molecule has 2 rings (SSSR count). The summed E-state index contributed by atoms with van der Waals surface area (Å²) in [5.74, 6) is 0.483. The minimum Gasteiger partial charge on any atom is -0.378 e. The molecule has 0 spiro atoms. The molecule has 21 heavy (non-hydrogen) atoms. The molecule has 0 atom stereocenters. The van der Waals surface area contributed by atoms with Gasteiger partial charge in [0.1, 0.15) is 11.6 Å². The van der Waals surface area contributed by atoms with Gasteiger partial charge in [-0.25, -0.2) is 4.98 Å². The van der Waals surface area contributed by atoms with Gasteiger partial charge in [-0.3, -0.25) is 0 Å². The predicted molar refractivity (Wildman–Crippen MR) is 75.5 cm³/mol. The quantitative estimate of drug-likeness (QED) is 0.844. The average molecular weight is 303 g/mol. The van der Waals surface area contributed by atoms with Gasteiger partial charge in [-0.1, -0.05) is 0 Å². The zero-order chi connectivity index (χ0) is 15.5. The van der Waals surface area contributed by atoms with E-state index in [9.17, 15) is 13.2 Å². The van der Waals surface area contributed by atoms with Crippen LogP contribution in [-0.4, -0.2) is 30.3 Å². The number of aromatic nitrogens is 1. The van der Waals surface area contributed by atoms with E-state index in [4.69, 9.17) is 4.74 Å². The number of hydrogen-bond acceptors (Lipinski definition) is 4. The molecule has 0 bridgehead atoms. The van der Waals surface area contributed by atoms with Gasteiger partial charge in [-0.2, -0.15) is 13.2 Å². The third-order valence-corrected chi connectivity index (χ3v) is 3.36. The molecule has 0 radical (unpaired) electrons. The molecular weight excluding hydrogens is 283 g/mol. The number of pyridine rings is 1. The summed E-state index contributed by atoms with van der Waals surface area (Å²) < 4.78 is 44.1. The van der Waals surface area contributed by atoms with E-state index in [0.29, 0.717) is 13.2 Å². The summed E-state index contributed by atoms with van der Waals surface area (Å²) in [5.41, 5.74) is -0.698. The summed E-state index contributed by atoms with van der Waals surface area (Å²) in [6.45, 7) is 4.92. The molecule has 0 saturated heterocycles. The van der Waals surface area contributed by atoms with Crippen LogP contribution in [0, 0.1) is 0 Å². The van der Waals surface area contributed by atoms with Crippen molar-refractivity contribution < 1.29 is 17.9 Å². The first kappa shape index (κ1) is 15.9. The summed E-state index contributed by atoms with van der Waals surface area (Å²) in [6, 6.07) is 2.19. The SMILES string of the molecule is CCNc1cc(C(F)(F)F)cc(NC2CC(OCC)C2)n1. The van der Waals surface area contributed by atoms with E-state index in [1.165, 1.54) is 0 Å². The summed E-state index contributed by atoms with van der Waals surface area (Å²) in [4.78, 5) is 4.17. The van der Waals surface area contributed by atoms with Crippen LogP contribution in [0.4, 0.5) is 24.8 Å². The zero-order valence-corrected chi connectivity index (χ0v) is 12.1. The summed E-state index contributed by atoms with van der Waals surface area (Å²) in [7, 11) is 0. The molecule has 1 saturated carbocycles. The van der Waals surface area contributed by atoms with Crippen molar-refractivity contribution in [1.82, 2.24) is 4.98 Å². The number of rotatable bonds is 6. The van der Waals surface area contributed by atoms with Crippen molar-refractivity contribution in [2.75, 3.05) is 23.8 Å². The molecule has 1 aliphatic carbocycles. The second-order valence-electron chi connectivity index (χ2n) is 5.04. The van der Waals surface area contributed by atoms with Gasteiger partial charge in [0, 0.05) is 19.2 Å². The highest BCUT2D eigenvalue weighted by Gasteiger charge is 2.33. The third-order valence-electron chi connectivity index (χ3n) is 3.36. The Kier molecular flexibility index (Phi) is 4.92. The molecule has 1 aromatic heterocycles. The molecule has 2 N–H and O–H groups in total. The number of alkyl halides is 3. The summed E-state index contributed by atoms with van der Waals surface area (Å²) in [6.07, 6.45) is -2.59. The van der Waals surface area contributed by atoms with E-state index in [2.05, 4.69) is 15.6 Å². The average Bonchev–Trinajstić information content (AvgIpc) is 2.35. The van der Waals surface area contributed by atoms with Crippen LogP contribution in [0.25, 0.3) is 0 Å². The third kappa shape index (κ3) is 4.23. The number of nitrogens with zero attached hydrogens (tertiary/aromatic N) is 1. The lowest BCUT2D eigenvalue weighted by atomic mass is 9.89. The van der Waals surface area contributed by atoms with Gasteiger partial charge in [-0.05, 0) is 38.8 Å². The van der Waals surface area contributed by atoms with Crippen molar-refractivity contribution >= 4 is 11.6 Å². The Morgan fingerprint density at radius 3 is 2.48 bits per heavy atom. The number of nitrogens with one attached hydrogen (secondary N) is 2. The van der Waals surface area contributed by atoms with E-state index >= 15 is 0 Å². The normalized spacial score (nSPS) is 21.8. The lowest BCUT2D eigenvalue weighted by molar-refractivity contribution is -0.137. The molecule has 0 amide bonds. The number of hydrogen-bond donors (Lipinski definition) is 2. The zero-order valence-electron chi connectivity index (χ0n) is 12.1. The molecular formula is C14H20F3N3O. The van der Waals surface area contributed by atoms with Gasteiger partial charge in [0.15, 0.2) is 0 Å². The van der Waals surface area contributed by atoms with Gasteiger partial charge < -0.3 is 15.4 Å². The fourth-order valence-electron chi connectivity index (χ4n) is 2.30. The molecule has 1 heterocycles. The molecule has 1 aliphatic rings. The Bertz CT molecular complexity index is 473. The van der Waals surface area contributed by atoms with Gasteiger partial charge in [0.05, 0.1) is 11.7 Å². The highest BCUT2D eigenvalue weighted by Crippen LogP contribution is 2.33. The van der Waals surface area contributed by atoms with Crippen LogP contribution in [0.5, 0.6) is 0 Å². The number of anilines is 2. The van der Waals surface area contributed by atoms with E-state index in [1.54, 1.807) is 0 Å². The minimum absolute atomic E-state index is 0.118. The topological polar surface area (TPSA) is 46.2 Å². The van der Waals surface area contributed by atoms with E-state index in [0.717, 1.165) is 25.0 Å². The Balaban J connectivity index is 2.06. The maximum absolute atomic E-state index is 12.9. The minimum atomic E-state index is -4.38. The van der Waals surface area contributed by atoms with Crippen LogP contribution < -0.4 is 10.6 Å². The van der Waals surface area contributed by atoms with Crippen LogP contribution in [-0.2, 0) is 10.9 Å². The number of halogens is 3. The van der Waals surface area contributed by atoms with Crippen LogP contribution in [0.15, 0.2) is 12.1 Å². The maximum Gasteiger partial charge on any atom is 0.416 e. The Hall–Kier alpha value is -1.50. The van der Waals surface area contributed by atoms with Crippen LogP contribution in [0.3, 0.4) is 0 Å². The van der Waals surface area contributed by atoms with Gasteiger partial charge in [0.25, 0.3) is 0 Å². The summed E-state index contributed by atoms with van der Waals surface area (Å²) in [5, 5.41) is 5.87. The Morgan fingerprint density at radius 2 is 1.90 bits per heavy atom. The molecule has 4 nitrogen and oxygen atoms in total. The first-order valence-electron chi connectivity index (χ1n) is 7.13. The number of ether oxygens (including phenoxy) is 1. The molecule has 0 aromatic carbocycles. The first-order chi connectivity index (χ1) is 9.92. The maximum atomic E-state index is 12.9. The lowest BCUT2D eigenvalue weighted by Gasteiger charge is -2.35. The first-order valence-corrected chi connectivity index (χ1v) is 7.13. The van der Waals surface area contributed by atoms with Gasteiger partial charge in [-0.15, -0.1) is 0 Å². The Labute approximate surface area is 122 Å². The van der Waals surface area contributed by atoms with Crippen molar-refractivity contribution in [3.05, 3.63) is 17.7 Å². The van der Waals surface area contributed by atoms with Crippen LogP contribution in [0.2, 0.25) is 0 Å². The molecule has 1 aromatic rings. The van der Waals surface area contributed by atoms with Crippen molar-refractivity contribution in [2.24, 2.45) is 0 Å². The van der Waals surface area contributed by atoms with Crippen LogP contribution in [0.1, 0.15) is 32.3 Å². The van der Waals surface area contributed by atoms with Gasteiger partial charge in [0.2, 0.25) is 0 Å². The van der Waals surface area contributed by atoms with Crippen LogP contribution >= 0.6 is 0 Å². The standard InChI is InChI=1S/C14H20F3N3O/c1-3-18-12-5-9(14(15,16)17)6-13(20-12)19-10-7-11(8-10)21-4-2/h5-6,10-11H,3-4,7-8H2,1-2H3,(H2,18,19,20). The molecule has 0 unspecified atom stereocenters. The summed E-state index contributed by atoms with van der Waals surface area (Å²) >= 11 is 0. The lowest BCUT2D eigenvalue weighted by Crippen LogP contribution is -2.41. The van der Waals surface area contributed by atoms with Crippen molar-refractivity contribution in [1.29, 1.82) is 0 Å².